The molecule has 1 aliphatic rings. The Labute approximate surface area is 115 Å². The molecule has 6 heteroatoms. The fourth-order valence-corrected chi connectivity index (χ4v) is 2.32. The molecule has 1 fully saturated rings. The molecule has 1 aromatic carbocycles. The first kappa shape index (κ1) is 13.2. The number of nitrogens with zero attached hydrogens (tertiary/aromatic N) is 2. The van der Waals surface area contributed by atoms with Crippen LogP contribution in [0.25, 0.3) is 0 Å². The predicted molar refractivity (Wildman–Crippen MR) is 67.9 cm³/mol. The lowest BCUT2D eigenvalue weighted by atomic mass is 9.77. The summed E-state index contributed by atoms with van der Waals surface area (Å²) in [7, 11) is 0. The van der Waals surface area contributed by atoms with Crippen molar-refractivity contribution < 1.29 is 13.3 Å². The third-order valence-electron chi connectivity index (χ3n) is 3.95. The number of rotatable bonds is 3. The minimum absolute atomic E-state index is 0.310. The molecule has 0 spiro atoms. The maximum absolute atomic E-state index is 13.3. The minimum Gasteiger partial charge on any atom is -0.339 e. The summed E-state index contributed by atoms with van der Waals surface area (Å²) >= 11 is 0. The maximum atomic E-state index is 13.3. The van der Waals surface area contributed by atoms with Crippen molar-refractivity contribution in [2.24, 2.45) is 5.73 Å². The van der Waals surface area contributed by atoms with Crippen molar-refractivity contribution in [1.82, 2.24) is 10.1 Å². The molecule has 0 saturated heterocycles. The van der Waals surface area contributed by atoms with Gasteiger partial charge in [-0.2, -0.15) is 4.98 Å². The summed E-state index contributed by atoms with van der Waals surface area (Å²) in [6.45, 7) is 1.80. The molecular formula is C14H15F2N3O. The Balaban J connectivity index is 1.86. The SMILES string of the molecule is CC(c1ccc(F)c(F)c1)c1nc(C2(N)CCC2)no1. The highest BCUT2D eigenvalue weighted by Crippen LogP contribution is 2.37. The summed E-state index contributed by atoms with van der Waals surface area (Å²) in [6, 6.07) is 3.74. The molecule has 3 rings (SSSR count). The molecule has 106 valence electrons. The van der Waals surface area contributed by atoms with Gasteiger partial charge in [-0.05, 0) is 43.9 Å². The normalized spacial score (nSPS) is 18.6. The van der Waals surface area contributed by atoms with Crippen molar-refractivity contribution in [3.8, 4) is 0 Å². The zero-order valence-corrected chi connectivity index (χ0v) is 11.1. The van der Waals surface area contributed by atoms with Gasteiger partial charge in [-0.25, -0.2) is 8.78 Å². The Morgan fingerprint density at radius 2 is 2.05 bits per heavy atom. The van der Waals surface area contributed by atoms with Crippen LogP contribution in [-0.4, -0.2) is 10.1 Å². The first-order valence-electron chi connectivity index (χ1n) is 6.57. The highest BCUT2D eigenvalue weighted by atomic mass is 19.2. The molecule has 0 aliphatic heterocycles. The van der Waals surface area contributed by atoms with Gasteiger partial charge in [0.05, 0.1) is 11.5 Å². The number of halogens is 2. The van der Waals surface area contributed by atoms with E-state index in [1.807, 2.05) is 0 Å². The quantitative estimate of drug-likeness (QED) is 0.938. The fraction of sp³-hybridized carbons (Fsp3) is 0.429. The van der Waals surface area contributed by atoms with Gasteiger partial charge >= 0.3 is 0 Å². The molecule has 0 amide bonds. The van der Waals surface area contributed by atoms with Crippen LogP contribution in [0.2, 0.25) is 0 Å². The molecule has 2 N–H and O–H groups in total. The van der Waals surface area contributed by atoms with Gasteiger partial charge in [-0.3, -0.25) is 0 Å². The smallest absolute Gasteiger partial charge is 0.233 e. The lowest BCUT2D eigenvalue weighted by Crippen LogP contribution is -2.44. The molecular weight excluding hydrogens is 264 g/mol. The minimum atomic E-state index is -0.886. The second-order valence-electron chi connectivity index (χ2n) is 5.36. The van der Waals surface area contributed by atoms with Crippen LogP contribution in [0.4, 0.5) is 8.78 Å². The van der Waals surface area contributed by atoms with E-state index >= 15 is 0 Å². The van der Waals surface area contributed by atoms with Crippen LogP contribution in [0.1, 0.15) is 49.4 Å². The topological polar surface area (TPSA) is 64.9 Å². The number of hydrogen-bond donors (Lipinski definition) is 1. The third kappa shape index (κ3) is 2.10. The molecule has 20 heavy (non-hydrogen) atoms. The van der Waals surface area contributed by atoms with E-state index in [2.05, 4.69) is 10.1 Å². The summed E-state index contributed by atoms with van der Waals surface area (Å²) in [5.41, 5.74) is 6.22. The largest absolute Gasteiger partial charge is 0.339 e. The van der Waals surface area contributed by atoms with E-state index in [0.29, 0.717) is 17.3 Å². The van der Waals surface area contributed by atoms with E-state index < -0.39 is 17.2 Å². The molecule has 1 atom stereocenters. The maximum Gasteiger partial charge on any atom is 0.233 e. The van der Waals surface area contributed by atoms with E-state index in [9.17, 15) is 8.78 Å². The van der Waals surface area contributed by atoms with Crippen molar-refractivity contribution in [2.75, 3.05) is 0 Å². The third-order valence-corrected chi connectivity index (χ3v) is 3.95. The van der Waals surface area contributed by atoms with Gasteiger partial charge in [0.25, 0.3) is 0 Å². The van der Waals surface area contributed by atoms with Crippen LogP contribution >= 0.6 is 0 Å². The van der Waals surface area contributed by atoms with Gasteiger partial charge in [-0.15, -0.1) is 0 Å². The van der Waals surface area contributed by atoms with Crippen LogP contribution in [0.15, 0.2) is 22.7 Å². The predicted octanol–water partition coefficient (Wildman–Crippen LogP) is 2.84. The van der Waals surface area contributed by atoms with Gasteiger partial charge in [0.15, 0.2) is 17.5 Å². The van der Waals surface area contributed by atoms with Crippen LogP contribution in [0, 0.1) is 11.6 Å². The van der Waals surface area contributed by atoms with Gasteiger partial charge in [0, 0.05) is 0 Å². The monoisotopic (exact) mass is 279 g/mol. The number of nitrogens with two attached hydrogens (primary N) is 1. The van der Waals surface area contributed by atoms with Crippen molar-refractivity contribution in [3.63, 3.8) is 0 Å². The molecule has 1 heterocycles. The van der Waals surface area contributed by atoms with Gasteiger partial charge in [0.1, 0.15) is 0 Å². The molecule has 1 saturated carbocycles. The van der Waals surface area contributed by atoms with Gasteiger partial charge in [-0.1, -0.05) is 11.2 Å². The first-order valence-corrected chi connectivity index (χ1v) is 6.57. The number of benzene rings is 1. The van der Waals surface area contributed by atoms with Crippen molar-refractivity contribution in [2.45, 2.75) is 37.6 Å². The zero-order valence-electron chi connectivity index (χ0n) is 11.1. The number of aromatic nitrogens is 2. The number of hydrogen-bond acceptors (Lipinski definition) is 4. The summed E-state index contributed by atoms with van der Waals surface area (Å²) in [5.74, 6) is -1.21. The van der Waals surface area contributed by atoms with E-state index in [1.54, 1.807) is 6.92 Å². The van der Waals surface area contributed by atoms with Crippen molar-refractivity contribution in [1.29, 1.82) is 0 Å². The second kappa shape index (κ2) is 4.63. The molecule has 2 aromatic rings. The van der Waals surface area contributed by atoms with Gasteiger partial charge < -0.3 is 10.3 Å². The Hall–Kier alpha value is -1.82. The van der Waals surface area contributed by atoms with Crippen molar-refractivity contribution >= 4 is 0 Å². The standard InChI is InChI=1S/C14H15F2N3O/c1-8(9-3-4-10(15)11(16)7-9)12-18-13(19-20-12)14(17)5-2-6-14/h3-4,7-8H,2,5-6,17H2,1H3. The lowest BCUT2D eigenvalue weighted by molar-refractivity contribution is 0.228. The van der Waals surface area contributed by atoms with E-state index in [-0.39, 0.29) is 5.92 Å². The molecule has 0 radical (unpaired) electrons. The van der Waals surface area contributed by atoms with E-state index in [0.717, 1.165) is 31.4 Å². The Bertz CT molecular complexity index is 637. The van der Waals surface area contributed by atoms with Crippen LogP contribution in [-0.2, 0) is 5.54 Å². The summed E-state index contributed by atoms with van der Waals surface area (Å²) in [6.07, 6.45) is 2.73. The van der Waals surface area contributed by atoms with Crippen LogP contribution in [0.3, 0.4) is 0 Å². The second-order valence-corrected chi connectivity index (χ2v) is 5.36. The van der Waals surface area contributed by atoms with E-state index in [4.69, 9.17) is 10.3 Å². The lowest BCUT2D eigenvalue weighted by Gasteiger charge is -2.34. The highest BCUT2D eigenvalue weighted by Gasteiger charge is 2.39. The highest BCUT2D eigenvalue weighted by molar-refractivity contribution is 5.25. The van der Waals surface area contributed by atoms with E-state index in [1.165, 1.54) is 6.07 Å². The average molecular weight is 279 g/mol. The summed E-state index contributed by atoms with van der Waals surface area (Å²) < 4.78 is 31.4. The Morgan fingerprint density at radius 3 is 2.65 bits per heavy atom. The van der Waals surface area contributed by atoms with Crippen molar-refractivity contribution in [3.05, 3.63) is 47.1 Å². The van der Waals surface area contributed by atoms with Crippen LogP contribution in [0.5, 0.6) is 0 Å². The Morgan fingerprint density at radius 1 is 1.30 bits per heavy atom. The molecule has 1 aliphatic carbocycles. The van der Waals surface area contributed by atoms with Crippen LogP contribution < -0.4 is 5.73 Å². The summed E-state index contributed by atoms with van der Waals surface area (Å²) in [5, 5.41) is 3.92. The molecule has 0 bridgehead atoms. The average Bonchev–Trinajstić information content (AvgIpc) is 2.88. The molecule has 1 aromatic heterocycles. The first-order chi connectivity index (χ1) is 9.49. The Kier molecular flexibility index (Phi) is 3.05. The van der Waals surface area contributed by atoms with Gasteiger partial charge in [0.2, 0.25) is 5.89 Å². The molecule has 4 nitrogen and oxygen atoms in total. The zero-order chi connectivity index (χ0) is 14.3. The fourth-order valence-electron chi connectivity index (χ4n) is 2.32. The molecule has 1 unspecified atom stereocenters. The summed E-state index contributed by atoms with van der Waals surface area (Å²) in [4.78, 5) is 4.31.